The molecule has 0 unspecified atom stereocenters. The highest BCUT2D eigenvalue weighted by atomic mass is 15.2. The molecule has 0 aromatic carbocycles. The van der Waals surface area contributed by atoms with Crippen LogP contribution >= 0.6 is 0 Å². The summed E-state index contributed by atoms with van der Waals surface area (Å²) in [5.74, 6) is 0. The molecule has 1 saturated heterocycles. The Hall–Kier alpha value is -0.0800. The molecule has 0 aromatic heterocycles. The molecule has 0 N–H and O–H groups in total. The zero-order valence-corrected chi connectivity index (χ0v) is 7.30. The summed E-state index contributed by atoms with van der Waals surface area (Å²) >= 11 is 0. The first-order valence-corrected chi connectivity index (χ1v) is 4.05. The lowest BCUT2D eigenvalue weighted by atomic mass is 10.1. The standard InChI is InChI=1S/C8H18N2/c1-9(2)8-5-4-6-10(3)7-8/h8H,4-7H2,1-3H3/t8-/m0/s1. The van der Waals surface area contributed by atoms with Crippen LogP contribution in [0.5, 0.6) is 0 Å². The molecule has 60 valence electrons. The Balaban J connectivity index is 2.32. The van der Waals surface area contributed by atoms with E-state index in [0.717, 1.165) is 6.04 Å². The van der Waals surface area contributed by atoms with Crippen molar-refractivity contribution in [1.82, 2.24) is 9.80 Å². The van der Waals surface area contributed by atoms with E-state index in [2.05, 4.69) is 30.9 Å². The summed E-state index contributed by atoms with van der Waals surface area (Å²) in [6, 6.07) is 0.791. The van der Waals surface area contributed by atoms with Gasteiger partial charge in [-0.1, -0.05) is 0 Å². The van der Waals surface area contributed by atoms with Crippen molar-refractivity contribution < 1.29 is 0 Å². The molecule has 1 fully saturated rings. The summed E-state index contributed by atoms with van der Waals surface area (Å²) in [6.45, 7) is 2.53. The molecule has 2 nitrogen and oxygen atoms in total. The summed E-state index contributed by atoms with van der Waals surface area (Å²) in [6.07, 6.45) is 2.73. The molecular weight excluding hydrogens is 124 g/mol. The minimum absolute atomic E-state index is 0.791. The van der Waals surface area contributed by atoms with E-state index in [4.69, 9.17) is 0 Å². The van der Waals surface area contributed by atoms with Crippen LogP contribution in [-0.2, 0) is 0 Å². The Labute approximate surface area is 63.8 Å². The second-order valence-electron chi connectivity index (χ2n) is 3.52. The number of hydrogen-bond donors (Lipinski definition) is 0. The molecule has 0 bridgehead atoms. The van der Waals surface area contributed by atoms with Crippen molar-refractivity contribution in [2.75, 3.05) is 34.2 Å². The topological polar surface area (TPSA) is 6.48 Å². The van der Waals surface area contributed by atoms with Crippen LogP contribution < -0.4 is 0 Å². The second kappa shape index (κ2) is 3.35. The highest BCUT2D eigenvalue weighted by Crippen LogP contribution is 2.11. The van der Waals surface area contributed by atoms with Gasteiger partial charge in [0.05, 0.1) is 0 Å². The molecule has 1 aliphatic rings. The molecule has 1 aliphatic heterocycles. The number of likely N-dealkylation sites (tertiary alicyclic amines) is 1. The number of rotatable bonds is 1. The summed E-state index contributed by atoms with van der Waals surface area (Å²) in [5.41, 5.74) is 0. The normalized spacial score (nSPS) is 29.4. The Bertz CT molecular complexity index is 101. The van der Waals surface area contributed by atoms with E-state index in [9.17, 15) is 0 Å². The van der Waals surface area contributed by atoms with Crippen LogP contribution in [0.2, 0.25) is 0 Å². The number of likely N-dealkylation sites (N-methyl/N-ethyl adjacent to an activating group) is 2. The largest absolute Gasteiger partial charge is 0.305 e. The highest BCUT2D eigenvalue weighted by Gasteiger charge is 2.17. The zero-order chi connectivity index (χ0) is 7.56. The maximum Gasteiger partial charge on any atom is 0.0217 e. The van der Waals surface area contributed by atoms with E-state index >= 15 is 0 Å². The second-order valence-corrected chi connectivity index (χ2v) is 3.52. The van der Waals surface area contributed by atoms with E-state index in [-0.39, 0.29) is 0 Å². The Kier molecular flexibility index (Phi) is 2.69. The van der Waals surface area contributed by atoms with Gasteiger partial charge in [-0.05, 0) is 40.5 Å². The molecule has 1 atom stereocenters. The minimum Gasteiger partial charge on any atom is -0.305 e. The maximum atomic E-state index is 2.41. The SMILES string of the molecule is CN1CCC[C@H](N(C)C)C1. The predicted molar refractivity (Wildman–Crippen MR) is 44.2 cm³/mol. The fraction of sp³-hybridized carbons (Fsp3) is 1.00. The van der Waals surface area contributed by atoms with Gasteiger partial charge in [-0.25, -0.2) is 0 Å². The Morgan fingerprint density at radius 2 is 2.10 bits per heavy atom. The molecular formula is C8H18N2. The number of piperidine rings is 1. The Morgan fingerprint density at radius 1 is 1.40 bits per heavy atom. The smallest absolute Gasteiger partial charge is 0.0217 e. The average Bonchev–Trinajstić information content (AvgIpc) is 1.88. The first kappa shape index (κ1) is 8.02. The molecule has 0 radical (unpaired) electrons. The van der Waals surface area contributed by atoms with E-state index < -0.39 is 0 Å². The van der Waals surface area contributed by atoms with Gasteiger partial charge in [-0.3, -0.25) is 0 Å². The van der Waals surface area contributed by atoms with E-state index in [1.165, 1.54) is 25.9 Å². The molecule has 0 aromatic rings. The van der Waals surface area contributed by atoms with Crippen LogP contribution in [-0.4, -0.2) is 50.1 Å². The molecule has 1 heterocycles. The van der Waals surface area contributed by atoms with Crippen LogP contribution in [0.4, 0.5) is 0 Å². The fourth-order valence-electron chi connectivity index (χ4n) is 1.56. The van der Waals surface area contributed by atoms with Crippen LogP contribution in [0.15, 0.2) is 0 Å². The first-order valence-electron chi connectivity index (χ1n) is 4.05. The van der Waals surface area contributed by atoms with Gasteiger partial charge >= 0.3 is 0 Å². The van der Waals surface area contributed by atoms with Crippen molar-refractivity contribution in [3.63, 3.8) is 0 Å². The monoisotopic (exact) mass is 142 g/mol. The molecule has 0 amide bonds. The van der Waals surface area contributed by atoms with Gasteiger partial charge in [0, 0.05) is 12.6 Å². The van der Waals surface area contributed by atoms with Crippen LogP contribution in [0, 0.1) is 0 Å². The van der Waals surface area contributed by atoms with Gasteiger partial charge in [0.15, 0.2) is 0 Å². The van der Waals surface area contributed by atoms with Gasteiger partial charge in [0.25, 0.3) is 0 Å². The number of hydrogen-bond acceptors (Lipinski definition) is 2. The summed E-state index contributed by atoms with van der Waals surface area (Å²) in [4.78, 5) is 4.74. The maximum absolute atomic E-state index is 2.41. The third-order valence-electron chi connectivity index (χ3n) is 2.33. The quantitative estimate of drug-likeness (QED) is 0.530. The van der Waals surface area contributed by atoms with Crippen LogP contribution in [0.1, 0.15) is 12.8 Å². The molecule has 0 aliphatic carbocycles. The van der Waals surface area contributed by atoms with E-state index in [1.54, 1.807) is 0 Å². The van der Waals surface area contributed by atoms with Gasteiger partial charge in [-0.15, -0.1) is 0 Å². The molecule has 0 saturated carbocycles. The van der Waals surface area contributed by atoms with Gasteiger partial charge < -0.3 is 9.80 Å². The third kappa shape index (κ3) is 1.96. The van der Waals surface area contributed by atoms with E-state index in [0.29, 0.717) is 0 Å². The van der Waals surface area contributed by atoms with Gasteiger partial charge in [-0.2, -0.15) is 0 Å². The fourth-order valence-corrected chi connectivity index (χ4v) is 1.56. The minimum atomic E-state index is 0.791. The average molecular weight is 142 g/mol. The molecule has 10 heavy (non-hydrogen) atoms. The van der Waals surface area contributed by atoms with Crippen molar-refractivity contribution in [2.24, 2.45) is 0 Å². The van der Waals surface area contributed by atoms with Crippen molar-refractivity contribution in [1.29, 1.82) is 0 Å². The van der Waals surface area contributed by atoms with Crippen molar-refractivity contribution in [3.05, 3.63) is 0 Å². The lowest BCUT2D eigenvalue weighted by Gasteiger charge is -2.33. The molecule has 0 spiro atoms. The lowest BCUT2D eigenvalue weighted by molar-refractivity contribution is 0.155. The molecule has 2 heteroatoms. The third-order valence-corrected chi connectivity index (χ3v) is 2.33. The van der Waals surface area contributed by atoms with E-state index in [1.807, 2.05) is 0 Å². The first-order chi connectivity index (χ1) is 4.70. The van der Waals surface area contributed by atoms with Gasteiger partial charge in [0.1, 0.15) is 0 Å². The predicted octanol–water partition coefficient (Wildman–Crippen LogP) is 0.642. The molecule has 1 rings (SSSR count). The van der Waals surface area contributed by atoms with Crippen molar-refractivity contribution >= 4 is 0 Å². The number of nitrogens with zero attached hydrogens (tertiary/aromatic N) is 2. The van der Waals surface area contributed by atoms with Crippen LogP contribution in [0.25, 0.3) is 0 Å². The van der Waals surface area contributed by atoms with Gasteiger partial charge in [0.2, 0.25) is 0 Å². The highest BCUT2D eigenvalue weighted by molar-refractivity contribution is 4.75. The van der Waals surface area contributed by atoms with Crippen molar-refractivity contribution in [3.8, 4) is 0 Å². The Morgan fingerprint density at radius 3 is 2.50 bits per heavy atom. The van der Waals surface area contributed by atoms with Crippen LogP contribution in [0.3, 0.4) is 0 Å². The zero-order valence-electron chi connectivity index (χ0n) is 7.30. The summed E-state index contributed by atoms with van der Waals surface area (Å²) in [5, 5.41) is 0. The summed E-state index contributed by atoms with van der Waals surface area (Å²) in [7, 11) is 6.54. The summed E-state index contributed by atoms with van der Waals surface area (Å²) < 4.78 is 0. The lowest BCUT2D eigenvalue weighted by Crippen LogP contribution is -2.43. The van der Waals surface area contributed by atoms with Crippen molar-refractivity contribution in [2.45, 2.75) is 18.9 Å².